The van der Waals surface area contributed by atoms with Crippen LogP contribution in [-0.4, -0.2) is 43.2 Å². The Morgan fingerprint density at radius 1 is 1.23 bits per heavy atom. The Kier molecular flexibility index (Phi) is 9.00. The number of rotatable bonds is 4. The highest BCUT2D eigenvalue weighted by Gasteiger charge is 2.14. The zero-order valence-corrected chi connectivity index (χ0v) is 16.9. The van der Waals surface area contributed by atoms with Crippen LogP contribution in [0, 0.1) is 0 Å². The quantitative estimate of drug-likeness (QED) is 0.448. The van der Waals surface area contributed by atoms with Crippen LogP contribution >= 0.6 is 24.0 Å². The second-order valence-electron chi connectivity index (χ2n) is 6.48. The van der Waals surface area contributed by atoms with Gasteiger partial charge in [0, 0.05) is 20.6 Å². The predicted molar refractivity (Wildman–Crippen MR) is 105 cm³/mol. The fourth-order valence-corrected chi connectivity index (χ4v) is 2.00. The van der Waals surface area contributed by atoms with E-state index in [-0.39, 0.29) is 29.4 Å². The highest BCUT2D eigenvalue weighted by atomic mass is 127. The Labute approximate surface area is 152 Å². The van der Waals surface area contributed by atoms with E-state index >= 15 is 0 Å². The summed E-state index contributed by atoms with van der Waals surface area (Å²) in [5.74, 6) is 0.794. The van der Waals surface area contributed by atoms with E-state index in [1.165, 1.54) is 5.56 Å². The lowest BCUT2D eigenvalue weighted by molar-refractivity contribution is 0.186. The van der Waals surface area contributed by atoms with Crippen LogP contribution in [0.5, 0.6) is 0 Å². The van der Waals surface area contributed by atoms with Crippen molar-refractivity contribution in [1.82, 2.24) is 10.2 Å². The van der Waals surface area contributed by atoms with Crippen molar-refractivity contribution < 1.29 is 5.11 Å². The van der Waals surface area contributed by atoms with Gasteiger partial charge in [-0.1, -0.05) is 45.0 Å². The minimum absolute atomic E-state index is 0. The predicted octanol–water partition coefficient (Wildman–Crippen LogP) is 3.16. The molecular weight excluding hydrogens is 389 g/mol. The Bertz CT molecular complexity index is 464. The summed E-state index contributed by atoms with van der Waals surface area (Å²) in [5.41, 5.74) is 2.30. The molecule has 4 nitrogen and oxygen atoms in total. The summed E-state index contributed by atoms with van der Waals surface area (Å²) in [6.07, 6.45) is -0.576. The highest BCUT2D eigenvalue weighted by Crippen LogP contribution is 2.24. The van der Waals surface area contributed by atoms with Crippen molar-refractivity contribution in [3.63, 3.8) is 0 Å². The number of hydrogen-bond acceptors (Lipinski definition) is 2. The Morgan fingerprint density at radius 3 is 2.18 bits per heavy atom. The van der Waals surface area contributed by atoms with Crippen LogP contribution in [0.2, 0.25) is 0 Å². The molecule has 1 atom stereocenters. The normalized spacial score (nSPS) is 13.3. The molecule has 2 N–H and O–H groups in total. The summed E-state index contributed by atoms with van der Waals surface area (Å²) in [6.45, 7) is 9.75. The Balaban J connectivity index is 0.00000441. The van der Waals surface area contributed by atoms with Crippen LogP contribution in [0.15, 0.2) is 29.3 Å². The topological polar surface area (TPSA) is 47.9 Å². The van der Waals surface area contributed by atoms with Crippen molar-refractivity contribution >= 4 is 29.9 Å². The molecule has 0 saturated heterocycles. The van der Waals surface area contributed by atoms with Crippen molar-refractivity contribution in [2.45, 2.75) is 39.2 Å². The molecule has 0 spiro atoms. The molecule has 0 aromatic heterocycles. The minimum Gasteiger partial charge on any atom is -0.386 e. The summed E-state index contributed by atoms with van der Waals surface area (Å²) in [7, 11) is 3.87. The molecule has 0 amide bonds. The van der Waals surface area contributed by atoms with Crippen molar-refractivity contribution in [1.29, 1.82) is 0 Å². The Hall–Kier alpha value is -0.820. The number of benzene rings is 1. The first kappa shape index (κ1) is 21.2. The summed E-state index contributed by atoms with van der Waals surface area (Å²) >= 11 is 0. The molecule has 1 unspecified atom stereocenters. The number of hydrogen-bond donors (Lipinski definition) is 2. The average molecular weight is 419 g/mol. The molecule has 0 aliphatic heterocycles. The molecule has 5 heteroatoms. The molecule has 1 aromatic rings. The molecule has 1 aromatic carbocycles. The molecule has 1 rings (SSSR count). The zero-order chi connectivity index (χ0) is 16.0. The van der Waals surface area contributed by atoms with E-state index in [9.17, 15) is 5.11 Å². The van der Waals surface area contributed by atoms with E-state index in [1.54, 1.807) is 0 Å². The number of halogens is 1. The van der Waals surface area contributed by atoms with Crippen LogP contribution in [0.3, 0.4) is 0 Å². The standard InChI is InChI=1S/C17H29N3O.HI/c1-7-18-16(20(5)6)19-12-15(21)13-8-10-14(11-9-13)17(2,3)4;/h8-11,15,21H,7,12H2,1-6H3,(H,18,19);1H. The SMILES string of the molecule is CCNC(=NCC(O)c1ccc(C(C)(C)C)cc1)N(C)C.I. The van der Waals surface area contributed by atoms with E-state index in [0.29, 0.717) is 6.54 Å². The van der Waals surface area contributed by atoms with Gasteiger partial charge in [-0.3, -0.25) is 4.99 Å². The molecule has 0 heterocycles. The van der Waals surface area contributed by atoms with Crippen LogP contribution in [0.1, 0.15) is 44.9 Å². The molecule has 0 fully saturated rings. The lowest BCUT2D eigenvalue weighted by atomic mass is 9.86. The van der Waals surface area contributed by atoms with E-state index in [0.717, 1.165) is 18.1 Å². The van der Waals surface area contributed by atoms with Gasteiger partial charge in [-0.25, -0.2) is 0 Å². The summed E-state index contributed by atoms with van der Waals surface area (Å²) in [4.78, 5) is 6.36. The van der Waals surface area contributed by atoms with Gasteiger partial charge in [-0.15, -0.1) is 24.0 Å². The molecule has 0 aliphatic carbocycles. The number of aliphatic hydroxyl groups is 1. The fourth-order valence-electron chi connectivity index (χ4n) is 2.00. The van der Waals surface area contributed by atoms with Gasteiger partial charge in [0.15, 0.2) is 5.96 Å². The number of aliphatic hydroxyl groups excluding tert-OH is 1. The van der Waals surface area contributed by atoms with Crippen LogP contribution in [0.25, 0.3) is 0 Å². The fraction of sp³-hybridized carbons (Fsp3) is 0.588. The molecule has 126 valence electrons. The van der Waals surface area contributed by atoms with Crippen molar-refractivity contribution in [2.75, 3.05) is 27.2 Å². The molecule has 0 saturated carbocycles. The first-order valence-electron chi connectivity index (χ1n) is 7.50. The van der Waals surface area contributed by atoms with E-state index < -0.39 is 6.10 Å². The van der Waals surface area contributed by atoms with Gasteiger partial charge in [-0.2, -0.15) is 0 Å². The molecule has 22 heavy (non-hydrogen) atoms. The van der Waals surface area contributed by atoms with Crippen molar-refractivity contribution in [2.24, 2.45) is 4.99 Å². The van der Waals surface area contributed by atoms with Gasteiger partial charge in [0.05, 0.1) is 12.6 Å². The molecule has 0 aliphatic rings. The van der Waals surface area contributed by atoms with Gasteiger partial charge in [-0.05, 0) is 23.5 Å². The van der Waals surface area contributed by atoms with Crippen LogP contribution in [-0.2, 0) is 5.41 Å². The van der Waals surface area contributed by atoms with Gasteiger partial charge in [0.2, 0.25) is 0 Å². The summed E-state index contributed by atoms with van der Waals surface area (Å²) < 4.78 is 0. The van der Waals surface area contributed by atoms with Crippen LogP contribution in [0.4, 0.5) is 0 Å². The third-order valence-electron chi connectivity index (χ3n) is 3.33. The first-order valence-corrected chi connectivity index (χ1v) is 7.50. The van der Waals surface area contributed by atoms with Gasteiger partial charge in [0.25, 0.3) is 0 Å². The number of guanidine groups is 1. The summed E-state index contributed by atoms with van der Waals surface area (Å²) in [5, 5.41) is 13.4. The maximum atomic E-state index is 10.3. The third kappa shape index (κ3) is 6.52. The van der Waals surface area contributed by atoms with Gasteiger partial charge < -0.3 is 15.3 Å². The minimum atomic E-state index is -0.576. The zero-order valence-electron chi connectivity index (χ0n) is 14.6. The number of nitrogens with one attached hydrogen (secondary N) is 1. The molecule has 0 radical (unpaired) electrons. The van der Waals surface area contributed by atoms with Gasteiger partial charge in [0.1, 0.15) is 0 Å². The lowest BCUT2D eigenvalue weighted by Crippen LogP contribution is -2.36. The summed E-state index contributed by atoms with van der Waals surface area (Å²) in [6, 6.07) is 8.14. The first-order chi connectivity index (χ1) is 9.75. The van der Waals surface area contributed by atoms with E-state index in [4.69, 9.17) is 0 Å². The maximum Gasteiger partial charge on any atom is 0.193 e. The maximum absolute atomic E-state index is 10.3. The average Bonchev–Trinajstić information content (AvgIpc) is 2.42. The lowest BCUT2D eigenvalue weighted by Gasteiger charge is -2.20. The monoisotopic (exact) mass is 419 g/mol. The van der Waals surface area contributed by atoms with Crippen molar-refractivity contribution in [3.05, 3.63) is 35.4 Å². The van der Waals surface area contributed by atoms with Gasteiger partial charge >= 0.3 is 0 Å². The molecular formula is C17H30IN3O. The Morgan fingerprint density at radius 2 is 1.77 bits per heavy atom. The second-order valence-corrected chi connectivity index (χ2v) is 6.48. The highest BCUT2D eigenvalue weighted by molar-refractivity contribution is 14.0. The van der Waals surface area contributed by atoms with Crippen molar-refractivity contribution in [3.8, 4) is 0 Å². The second kappa shape index (κ2) is 9.35. The largest absolute Gasteiger partial charge is 0.386 e. The van der Waals surface area contributed by atoms with E-state index in [1.807, 2.05) is 38.1 Å². The van der Waals surface area contributed by atoms with E-state index in [2.05, 4.69) is 43.2 Å². The number of nitrogens with zero attached hydrogens (tertiary/aromatic N) is 2. The number of aliphatic imine (C=N–C) groups is 1. The molecule has 0 bridgehead atoms. The third-order valence-corrected chi connectivity index (χ3v) is 3.33. The smallest absolute Gasteiger partial charge is 0.193 e. The van der Waals surface area contributed by atoms with Crippen LogP contribution < -0.4 is 5.32 Å².